The number of hydrogen-bond acceptors (Lipinski definition) is 4. The predicted molar refractivity (Wildman–Crippen MR) is 62.7 cm³/mol. The van der Waals surface area contributed by atoms with Gasteiger partial charge in [-0.05, 0) is 0 Å². The molecule has 0 radical (unpaired) electrons. The van der Waals surface area contributed by atoms with E-state index in [0.29, 0.717) is 18.1 Å². The van der Waals surface area contributed by atoms with Crippen LogP contribution in [0, 0.1) is 0 Å². The van der Waals surface area contributed by atoms with Gasteiger partial charge < -0.3 is 20.6 Å². The number of carbonyl (C=O) groups is 3. The lowest BCUT2D eigenvalue weighted by molar-refractivity contribution is -0.141. The molecule has 1 rings (SSSR count). The fourth-order valence-electron chi connectivity index (χ4n) is 1.56. The predicted octanol–water partition coefficient (Wildman–Crippen LogP) is -0.974. The van der Waals surface area contributed by atoms with Gasteiger partial charge in [-0.15, -0.1) is 0 Å². The zero-order chi connectivity index (χ0) is 13.0. The van der Waals surface area contributed by atoms with Crippen molar-refractivity contribution in [3.63, 3.8) is 0 Å². The Bertz CT molecular complexity index is 336. The summed E-state index contributed by atoms with van der Waals surface area (Å²) in [6.45, 7) is 0.151. The van der Waals surface area contributed by atoms with Crippen LogP contribution in [0.5, 0.6) is 0 Å². The van der Waals surface area contributed by atoms with Crippen LogP contribution >= 0.6 is 11.8 Å². The number of thioether (sulfide) groups is 1. The lowest BCUT2D eigenvalue weighted by Gasteiger charge is -2.35. The lowest BCUT2D eigenvalue weighted by atomic mass is 10.3. The highest BCUT2D eigenvalue weighted by Crippen LogP contribution is 2.17. The van der Waals surface area contributed by atoms with E-state index in [-0.39, 0.29) is 6.54 Å². The number of rotatable bonds is 3. The Morgan fingerprint density at radius 1 is 1.53 bits per heavy atom. The summed E-state index contributed by atoms with van der Waals surface area (Å²) >= 11 is 1.49. The molecule has 8 heteroatoms. The first-order valence-corrected chi connectivity index (χ1v) is 6.19. The Morgan fingerprint density at radius 3 is 2.71 bits per heavy atom. The van der Waals surface area contributed by atoms with Crippen molar-refractivity contribution in [2.24, 2.45) is 5.73 Å². The summed E-state index contributed by atoms with van der Waals surface area (Å²) in [5.74, 6) is -0.595. The van der Waals surface area contributed by atoms with Crippen molar-refractivity contribution in [1.29, 1.82) is 0 Å². The van der Waals surface area contributed by atoms with Gasteiger partial charge in [0, 0.05) is 25.1 Å². The van der Waals surface area contributed by atoms with Crippen molar-refractivity contribution in [1.82, 2.24) is 9.80 Å². The van der Waals surface area contributed by atoms with Crippen LogP contribution in [0.1, 0.15) is 0 Å². The van der Waals surface area contributed by atoms with Crippen molar-refractivity contribution < 1.29 is 19.5 Å². The second-order valence-electron chi connectivity index (χ2n) is 3.73. The number of carboxylic acid groups (broad SMARTS) is 1. The number of hydrogen-bond donors (Lipinski definition) is 2. The van der Waals surface area contributed by atoms with Gasteiger partial charge in [-0.1, -0.05) is 0 Å². The largest absolute Gasteiger partial charge is 0.480 e. The van der Waals surface area contributed by atoms with Gasteiger partial charge in [0.15, 0.2) is 0 Å². The average Bonchev–Trinajstić information content (AvgIpc) is 2.27. The molecule has 0 spiro atoms. The van der Waals surface area contributed by atoms with Crippen LogP contribution in [0.25, 0.3) is 0 Å². The number of primary amides is 1. The first-order valence-electron chi connectivity index (χ1n) is 5.04. The van der Waals surface area contributed by atoms with E-state index in [2.05, 4.69) is 0 Å². The summed E-state index contributed by atoms with van der Waals surface area (Å²) in [4.78, 5) is 36.0. The standard InChI is InChI=1S/C9H15N3O4S/c1-11(4-7(10)13)9(16)12-2-3-17-5-6(12)8(14)15/h6H,2-5H2,1H3,(H2,10,13)(H,14,15). The molecule has 96 valence electrons. The number of nitrogens with zero attached hydrogens (tertiary/aromatic N) is 2. The van der Waals surface area contributed by atoms with Crippen LogP contribution in [-0.4, -0.2) is 70.5 Å². The normalized spacial score (nSPS) is 19.8. The molecule has 0 saturated carbocycles. The van der Waals surface area contributed by atoms with Gasteiger partial charge in [-0.25, -0.2) is 9.59 Å². The maximum absolute atomic E-state index is 11.9. The highest BCUT2D eigenvalue weighted by molar-refractivity contribution is 7.99. The fourth-order valence-corrected chi connectivity index (χ4v) is 2.60. The molecule has 3 N–H and O–H groups in total. The van der Waals surface area contributed by atoms with E-state index in [1.165, 1.54) is 23.7 Å². The van der Waals surface area contributed by atoms with Crippen LogP contribution in [0.4, 0.5) is 4.79 Å². The quantitative estimate of drug-likeness (QED) is 0.680. The summed E-state index contributed by atoms with van der Waals surface area (Å²) in [5.41, 5.74) is 4.98. The van der Waals surface area contributed by atoms with Crippen molar-refractivity contribution in [3.8, 4) is 0 Å². The first-order chi connectivity index (χ1) is 7.93. The van der Waals surface area contributed by atoms with Crippen molar-refractivity contribution in [3.05, 3.63) is 0 Å². The molecule has 1 heterocycles. The van der Waals surface area contributed by atoms with E-state index >= 15 is 0 Å². The minimum atomic E-state index is -1.03. The molecule has 1 saturated heterocycles. The lowest BCUT2D eigenvalue weighted by Crippen LogP contribution is -2.55. The first kappa shape index (κ1) is 13.6. The smallest absolute Gasteiger partial charge is 0.327 e. The second kappa shape index (κ2) is 5.76. The molecule has 7 nitrogen and oxygen atoms in total. The number of amides is 3. The highest BCUT2D eigenvalue weighted by Gasteiger charge is 2.34. The van der Waals surface area contributed by atoms with Gasteiger partial charge in [0.1, 0.15) is 12.6 Å². The van der Waals surface area contributed by atoms with Crippen molar-refractivity contribution >= 4 is 29.7 Å². The van der Waals surface area contributed by atoms with E-state index in [1.54, 1.807) is 0 Å². The third-order valence-electron chi connectivity index (χ3n) is 2.38. The van der Waals surface area contributed by atoms with Crippen LogP contribution in [-0.2, 0) is 9.59 Å². The number of likely N-dealkylation sites (N-methyl/N-ethyl adjacent to an activating group) is 1. The summed E-state index contributed by atoms with van der Waals surface area (Å²) in [7, 11) is 1.42. The molecule has 1 unspecified atom stereocenters. The SMILES string of the molecule is CN(CC(N)=O)C(=O)N1CCSCC1C(=O)O. The van der Waals surface area contributed by atoms with E-state index in [4.69, 9.17) is 10.8 Å². The molecule has 0 bridgehead atoms. The molecule has 1 atom stereocenters. The van der Waals surface area contributed by atoms with E-state index < -0.39 is 23.9 Å². The third kappa shape index (κ3) is 3.52. The van der Waals surface area contributed by atoms with Gasteiger partial charge in [0.05, 0.1) is 0 Å². The molecule has 1 aliphatic rings. The average molecular weight is 261 g/mol. The fraction of sp³-hybridized carbons (Fsp3) is 0.667. The minimum absolute atomic E-state index is 0.213. The van der Waals surface area contributed by atoms with Crippen LogP contribution in [0.3, 0.4) is 0 Å². The molecule has 17 heavy (non-hydrogen) atoms. The van der Waals surface area contributed by atoms with E-state index in [1.807, 2.05) is 0 Å². The van der Waals surface area contributed by atoms with Crippen LogP contribution in [0.2, 0.25) is 0 Å². The number of nitrogens with two attached hydrogens (primary N) is 1. The Morgan fingerprint density at radius 2 is 2.18 bits per heavy atom. The van der Waals surface area contributed by atoms with Crippen molar-refractivity contribution in [2.75, 3.05) is 31.6 Å². The monoisotopic (exact) mass is 261 g/mol. The topological polar surface area (TPSA) is 104 Å². The molecule has 1 aliphatic heterocycles. The van der Waals surface area contributed by atoms with Crippen molar-refractivity contribution in [2.45, 2.75) is 6.04 Å². The van der Waals surface area contributed by atoms with Gasteiger partial charge in [-0.2, -0.15) is 11.8 Å². The van der Waals surface area contributed by atoms with Gasteiger partial charge in [0.25, 0.3) is 0 Å². The van der Waals surface area contributed by atoms with Gasteiger partial charge in [-0.3, -0.25) is 4.79 Å². The summed E-state index contributed by atoms with van der Waals surface area (Å²) < 4.78 is 0. The Balaban J connectivity index is 2.70. The van der Waals surface area contributed by atoms with Crippen LogP contribution < -0.4 is 5.73 Å². The molecular formula is C9H15N3O4S. The van der Waals surface area contributed by atoms with E-state index in [9.17, 15) is 14.4 Å². The minimum Gasteiger partial charge on any atom is -0.480 e. The number of carbonyl (C=O) groups excluding carboxylic acids is 2. The number of urea groups is 1. The zero-order valence-corrected chi connectivity index (χ0v) is 10.3. The molecule has 0 aromatic carbocycles. The molecule has 0 aromatic heterocycles. The maximum Gasteiger partial charge on any atom is 0.327 e. The molecular weight excluding hydrogens is 246 g/mol. The zero-order valence-electron chi connectivity index (χ0n) is 9.46. The number of aliphatic carboxylic acids is 1. The molecule has 0 aliphatic carbocycles. The Kier molecular flexibility index (Phi) is 4.62. The second-order valence-corrected chi connectivity index (χ2v) is 4.88. The Hall–Kier alpha value is -1.44. The van der Waals surface area contributed by atoms with Crippen LogP contribution in [0.15, 0.2) is 0 Å². The van der Waals surface area contributed by atoms with Gasteiger partial charge in [0.2, 0.25) is 5.91 Å². The third-order valence-corrected chi connectivity index (χ3v) is 3.40. The van der Waals surface area contributed by atoms with Gasteiger partial charge >= 0.3 is 12.0 Å². The maximum atomic E-state index is 11.9. The summed E-state index contributed by atoms with van der Waals surface area (Å²) in [6, 6.07) is -1.31. The Labute approximate surface area is 103 Å². The summed E-state index contributed by atoms with van der Waals surface area (Å²) in [6.07, 6.45) is 0. The molecule has 0 aromatic rings. The molecule has 1 fully saturated rings. The highest BCUT2D eigenvalue weighted by atomic mass is 32.2. The molecule has 3 amide bonds. The van der Waals surface area contributed by atoms with E-state index in [0.717, 1.165) is 4.90 Å². The number of carboxylic acids is 1. The summed E-state index contributed by atoms with van der Waals surface area (Å²) in [5, 5.41) is 9.00.